The van der Waals surface area contributed by atoms with Crippen LogP contribution in [0.15, 0.2) is 47.6 Å². The summed E-state index contributed by atoms with van der Waals surface area (Å²) in [5.74, 6) is 6.91. The molecule has 0 unspecified atom stereocenters. The first-order valence-electron chi connectivity index (χ1n) is 10.1. The van der Waals surface area contributed by atoms with Crippen LogP contribution < -0.4 is 15.9 Å². The lowest BCUT2D eigenvalue weighted by Crippen LogP contribution is -2.18. The number of non-ortho nitro benzene ring substituents is 1. The van der Waals surface area contributed by atoms with E-state index in [4.69, 9.17) is 10.6 Å². The van der Waals surface area contributed by atoms with E-state index in [1.54, 1.807) is 6.92 Å². The maximum absolute atomic E-state index is 12.3. The average Bonchev–Trinajstić information content (AvgIpc) is 3.11. The number of ether oxygens (including phenoxy) is 1. The molecular formula is C22H26N6O4S. The number of nitrogens with zero attached hydrogens (tertiary/aromatic N) is 4. The van der Waals surface area contributed by atoms with Gasteiger partial charge in [0.1, 0.15) is 12.4 Å². The number of rotatable bonds is 8. The molecule has 3 N–H and O–H groups in total. The van der Waals surface area contributed by atoms with Gasteiger partial charge >= 0.3 is 0 Å². The summed E-state index contributed by atoms with van der Waals surface area (Å²) in [5, 5.41) is 22.0. The van der Waals surface area contributed by atoms with Crippen LogP contribution in [0.3, 0.4) is 0 Å². The number of aromatic nitrogens is 3. The fourth-order valence-electron chi connectivity index (χ4n) is 2.92. The molecule has 0 aliphatic rings. The molecule has 2 aromatic carbocycles. The highest BCUT2D eigenvalue weighted by Gasteiger charge is 2.16. The van der Waals surface area contributed by atoms with Crippen molar-refractivity contribution in [3.05, 3.63) is 69.5 Å². The van der Waals surface area contributed by atoms with Crippen LogP contribution in [0.4, 0.5) is 11.4 Å². The number of hydrogen-bond acceptors (Lipinski definition) is 8. The molecule has 0 aliphatic carbocycles. The number of hydrogen-bond donors (Lipinski definition) is 2. The van der Waals surface area contributed by atoms with E-state index in [9.17, 15) is 14.9 Å². The molecule has 0 saturated carbocycles. The molecular weight excluding hydrogens is 444 g/mol. The average molecular weight is 471 g/mol. The maximum Gasteiger partial charge on any atom is 0.269 e. The molecule has 0 bridgehead atoms. The zero-order valence-electron chi connectivity index (χ0n) is 18.9. The minimum atomic E-state index is -0.481. The normalized spacial score (nSPS) is 11.3. The molecule has 1 aromatic heterocycles. The number of benzene rings is 2. The molecule has 0 saturated heterocycles. The molecule has 0 fully saturated rings. The first-order valence-corrected chi connectivity index (χ1v) is 11.1. The predicted molar refractivity (Wildman–Crippen MR) is 127 cm³/mol. The summed E-state index contributed by atoms with van der Waals surface area (Å²) in [4.78, 5) is 22.6. The van der Waals surface area contributed by atoms with Crippen molar-refractivity contribution in [2.45, 2.75) is 44.9 Å². The van der Waals surface area contributed by atoms with E-state index in [1.807, 2.05) is 24.3 Å². The Balaban J connectivity index is 1.53. The topological polar surface area (TPSA) is 138 Å². The number of thioether (sulfide) groups is 1. The third kappa shape index (κ3) is 6.22. The van der Waals surface area contributed by atoms with E-state index >= 15 is 0 Å². The van der Waals surface area contributed by atoms with Gasteiger partial charge in [0, 0.05) is 17.8 Å². The highest BCUT2D eigenvalue weighted by Crippen LogP contribution is 2.25. The van der Waals surface area contributed by atoms with Gasteiger partial charge in [-0.15, -0.1) is 10.2 Å². The van der Waals surface area contributed by atoms with Crippen LogP contribution in [-0.2, 0) is 16.8 Å². The second-order valence-electron chi connectivity index (χ2n) is 8.43. The second-order valence-corrected chi connectivity index (χ2v) is 9.37. The van der Waals surface area contributed by atoms with Gasteiger partial charge in [-0.25, -0.2) is 4.68 Å². The minimum Gasteiger partial charge on any atom is -0.486 e. The second kappa shape index (κ2) is 9.90. The molecule has 10 nitrogen and oxygen atoms in total. The van der Waals surface area contributed by atoms with Crippen LogP contribution in [-0.4, -0.2) is 31.5 Å². The van der Waals surface area contributed by atoms with Gasteiger partial charge in [0.05, 0.1) is 10.7 Å². The number of nitrogen functional groups attached to an aromatic ring is 1. The van der Waals surface area contributed by atoms with E-state index < -0.39 is 4.92 Å². The van der Waals surface area contributed by atoms with Gasteiger partial charge in [-0.2, -0.15) is 0 Å². The zero-order chi connectivity index (χ0) is 24.2. The van der Waals surface area contributed by atoms with E-state index in [0.717, 1.165) is 11.8 Å². The number of nitrogens with two attached hydrogens (primary N) is 1. The fraction of sp³-hybridized carbons (Fsp3) is 0.318. The van der Waals surface area contributed by atoms with Gasteiger partial charge in [-0.05, 0) is 41.7 Å². The number of nitro groups is 1. The monoisotopic (exact) mass is 470 g/mol. The van der Waals surface area contributed by atoms with Crippen molar-refractivity contribution in [3.63, 3.8) is 0 Å². The van der Waals surface area contributed by atoms with Crippen molar-refractivity contribution >= 4 is 29.0 Å². The third-order valence-corrected chi connectivity index (χ3v) is 5.79. The van der Waals surface area contributed by atoms with E-state index in [-0.39, 0.29) is 29.4 Å². The molecule has 1 amide bonds. The Morgan fingerprint density at radius 2 is 1.91 bits per heavy atom. The van der Waals surface area contributed by atoms with Gasteiger partial charge in [0.25, 0.3) is 5.69 Å². The van der Waals surface area contributed by atoms with Crippen LogP contribution in [0, 0.1) is 17.0 Å². The molecule has 0 spiro atoms. The van der Waals surface area contributed by atoms with E-state index in [1.165, 1.54) is 28.4 Å². The third-order valence-electron chi connectivity index (χ3n) is 4.85. The smallest absolute Gasteiger partial charge is 0.269 e. The van der Waals surface area contributed by atoms with Crippen LogP contribution >= 0.6 is 11.8 Å². The van der Waals surface area contributed by atoms with Crippen molar-refractivity contribution in [2.24, 2.45) is 0 Å². The van der Waals surface area contributed by atoms with Crippen molar-refractivity contribution in [3.8, 4) is 5.75 Å². The quantitative estimate of drug-likeness (QED) is 0.219. The van der Waals surface area contributed by atoms with Crippen molar-refractivity contribution in [1.29, 1.82) is 0 Å². The summed E-state index contributed by atoms with van der Waals surface area (Å²) in [6.07, 6.45) is 0. The standard InChI is InChI=1S/C22H26N6O4S/c1-14-11-16(28(30)31)7-10-18(14)24-20(29)13-33-21-26-25-19(27(21)23)12-32-17-8-5-15(6-9-17)22(2,3)4/h5-11H,12-13,23H2,1-4H3,(H,24,29). The number of anilines is 1. The van der Waals surface area contributed by atoms with Crippen molar-refractivity contribution in [1.82, 2.24) is 14.9 Å². The van der Waals surface area contributed by atoms with Gasteiger partial charge in [0.2, 0.25) is 11.1 Å². The summed E-state index contributed by atoms with van der Waals surface area (Å²) in [6, 6.07) is 12.1. The Morgan fingerprint density at radius 3 is 2.52 bits per heavy atom. The van der Waals surface area contributed by atoms with Gasteiger partial charge in [-0.1, -0.05) is 44.7 Å². The van der Waals surface area contributed by atoms with E-state index in [0.29, 0.717) is 28.0 Å². The SMILES string of the molecule is Cc1cc([N+](=O)[O-])ccc1NC(=O)CSc1nnc(COc2ccc(C(C)(C)C)cc2)n1N. The van der Waals surface area contributed by atoms with Crippen LogP contribution in [0.2, 0.25) is 0 Å². The number of aryl methyl sites for hydroxylation is 1. The van der Waals surface area contributed by atoms with Crippen molar-refractivity contribution < 1.29 is 14.5 Å². The summed E-state index contributed by atoms with van der Waals surface area (Å²) in [7, 11) is 0. The van der Waals surface area contributed by atoms with E-state index in [2.05, 4.69) is 36.3 Å². The highest BCUT2D eigenvalue weighted by molar-refractivity contribution is 7.99. The molecule has 174 valence electrons. The van der Waals surface area contributed by atoms with Gasteiger partial charge in [0.15, 0.2) is 5.82 Å². The highest BCUT2D eigenvalue weighted by atomic mass is 32.2. The lowest BCUT2D eigenvalue weighted by atomic mass is 9.87. The lowest BCUT2D eigenvalue weighted by Gasteiger charge is -2.19. The Hall–Kier alpha value is -3.60. The molecule has 0 aliphatic heterocycles. The number of nitro benzene ring substituents is 1. The Labute approximate surface area is 195 Å². The molecule has 33 heavy (non-hydrogen) atoms. The summed E-state index contributed by atoms with van der Waals surface area (Å²) in [5.41, 5.74) is 2.34. The van der Waals surface area contributed by atoms with Crippen LogP contribution in [0.5, 0.6) is 5.75 Å². The summed E-state index contributed by atoms with van der Waals surface area (Å²) >= 11 is 1.12. The number of nitrogens with one attached hydrogen (secondary N) is 1. The summed E-state index contributed by atoms with van der Waals surface area (Å²) in [6.45, 7) is 8.26. The minimum absolute atomic E-state index is 0.0315. The molecule has 1 heterocycles. The van der Waals surface area contributed by atoms with Crippen molar-refractivity contribution in [2.75, 3.05) is 16.9 Å². The van der Waals surface area contributed by atoms with Crippen LogP contribution in [0.1, 0.15) is 37.7 Å². The first-order chi connectivity index (χ1) is 15.5. The Morgan fingerprint density at radius 1 is 1.21 bits per heavy atom. The molecule has 0 radical (unpaired) electrons. The van der Waals surface area contributed by atoms with Gasteiger partial charge < -0.3 is 15.9 Å². The molecule has 3 rings (SSSR count). The number of carbonyl (C=O) groups is 1. The lowest BCUT2D eigenvalue weighted by molar-refractivity contribution is -0.384. The molecule has 0 atom stereocenters. The fourth-order valence-corrected chi connectivity index (χ4v) is 3.60. The number of amides is 1. The van der Waals surface area contributed by atoms with Crippen LogP contribution in [0.25, 0.3) is 0 Å². The molecule has 11 heteroatoms. The zero-order valence-corrected chi connectivity index (χ0v) is 19.7. The molecule has 3 aromatic rings. The first kappa shape index (κ1) is 24.1. The Kier molecular flexibility index (Phi) is 7.22. The van der Waals surface area contributed by atoms with Gasteiger partial charge in [-0.3, -0.25) is 14.9 Å². The maximum atomic E-state index is 12.3. The number of carbonyl (C=O) groups excluding carboxylic acids is 1. The summed E-state index contributed by atoms with van der Waals surface area (Å²) < 4.78 is 7.05. The largest absolute Gasteiger partial charge is 0.486 e. The Bertz CT molecular complexity index is 1150. The predicted octanol–water partition coefficient (Wildman–Crippen LogP) is 3.82.